The first-order valence-corrected chi connectivity index (χ1v) is 41.3. The Morgan fingerprint density at radius 2 is 0.447 bits per heavy atom. The van der Waals surface area contributed by atoms with Crippen molar-refractivity contribution in [2.45, 2.75) is 0 Å². The molecule has 0 N–H and O–H groups in total. The topological polar surface area (TPSA) is 117 Å². The fraction of sp³-hybridized carbons (Fsp3) is 0. The first-order valence-electron chi connectivity index (χ1n) is 41.3. The first-order chi connectivity index (χ1) is 61.0. The second kappa shape index (κ2) is 31.7. The lowest BCUT2D eigenvalue weighted by atomic mass is 9.97. The molecule has 0 unspecified atom stereocenters. The molecule has 0 fully saturated rings. The minimum atomic E-state index is 0.730. The number of rotatable bonds is 12. The van der Waals surface area contributed by atoms with Gasteiger partial charge in [0.15, 0.2) is 5.82 Å². The second-order valence-electron chi connectivity index (χ2n) is 30.6. The summed E-state index contributed by atoms with van der Waals surface area (Å²) in [5, 5.41) is 7.87. The summed E-state index contributed by atoms with van der Waals surface area (Å²) in [4.78, 5) is 30.7. The van der Waals surface area contributed by atoms with Gasteiger partial charge in [0.1, 0.15) is 33.5 Å². The van der Waals surface area contributed by atoms with Crippen LogP contribution in [0.15, 0.2) is 450 Å². The highest BCUT2D eigenvalue weighted by Crippen LogP contribution is 2.44. The van der Waals surface area contributed by atoms with Crippen molar-refractivity contribution in [1.82, 2.24) is 29.9 Å². The predicted octanol–water partition coefficient (Wildman–Crippen LogP) is 30.6. The molecule has 24 aromatic rings. The highest BCUT2D eigenvalue weighted by atomic mass is 16.3. The van der Waals surface area contributed by atoms with Gasteiger partial charge in [-0.25, -0.2) is 29.9 Å². The first kappa shape index (κ1) is 72.8. The van der Waals surface area contributed by atoms with Crippen LogP contribution in [0.3, 0.4) is 0 Å². The molecular weight excluding hydrogens is 1500 g/mol. The molecule has 18 aromatic carbocycles. The summed E-state index contributed by atoms with van der Waals surface area (Å²) in [5.74, 6) is 0.730. The van der Waals surface area contributed by atoms with Crippen LogP contribution in [0.5, 0.6) is 0 Å². The Kier molecular flexibility index (Phi) is 18.8. The van der Waals surface area contributed by atoms with Crippen molar-refractivity contribution in [3.05, 3.63) is 437 Å². The smallest absolute Gasteiger partial charge is 0.160 e. The van der Waals surface area contributed by atoms with Crippen molar-refractivity contribution in [1.29, 1.82) is 0 Å². The van der Waals surface area contributed by atoms with Crippen molar-refractivity contribution in [2.24, 2.45) is 0 Å². The van der Waals surface area contributed by atoms with Crippen molar-refractivity contribution in [3.8, 4) is 134 Å². The third-order valence-corrected chi connectivity index (χ3v) is 23.1. The van der Waals surface area contributed by atoms with E-state index in [2.05, 4.69) is 297 Å². The van der Waals surface area contributed by atoms with E-state index in [1.54, 1.807) is 0 Å². The summed E-state index contributed by atoms with van der Waals surface area (Å²) in [7, 11) is 0. The van der Waals surface area contributed by atoms with Gasteiger partial charge in [0.05, 0.1) is 56.1 Å². The quantitative estimate of drug-likeness (QED) is 0.118. The van der Waals surface area contributed by atoms with E-state index in [0.717, 1.165) is 233 Å². The summed E-state index contributed by atoms with van der Waals surface area (Å²) in [5.41, 5.74) is 34.0. The lowest BCUT2D eigenvalue weighted by Crippen LogP contribution is -1.97. The molecule has 0 saturated carbocycles. The zero-order valence-corrected chi connectivity index (χ0v) is 66.5. The average molecular weight is 1570 g/mol. The molecule has 0 aliphatic carbocycles. The van der Waals surface area contributed by atoms with Crippen molar-refractivity contribution < 1.29 is 13.3 Å². The number of aromatic nitrogens is 6. The monoisotopic (exact) mass is 1570 g/mol. The maximum absolute atomic E-state index is 6.30. The number of nitrogens with zero attached hydrogens (tertiary/aromatic N) is 6. The Morgan fingerprint density at radius 3 is 0.870 bits per heavy atom. The van der Waals surface area contributed by atoms with Crippen LogP contribution in [-0.4, -0.2) is 29.9 Å². The lowest BCUT2D eigenvalue weighted by Gasteiger charge is -2.13. The second-order valence-corrected chi connectivity index (χ2v) is 30.6. The fourth-order valence-electron chi connectivity index (χ4n) is 17.0. The van der Waals surface area contributed by atoms with Crippen molar-refractivity contribution in [2.75, 3.05) is 0 Å². The minimum Gasteiger partial charge on any atom is -0.455 e. The van der Waals surface area contributed by atoms with Gasteiger partial charge in [-0.05, 0) is 93.0 Å². The number of hydrogen-bond acceptors (Lipinski definition) is 9. The van der Waals surface area contributed by atoms with Gasteiger partial charge in [0, 0.05) is 93.3 Å². The van der Waals surface area contributed by atoms with E-state index < -0.39 is 0 Å². The molecule has 0 saturated heterocycles. The highest BCUT2D eigenvalue weighted by molar-refractivity contribution is 6.12. The van der Waals surface area contributed by atoms with Gasteiger partial charge in [-0.1, -0.05) is 388 Å². The number of hydrogen-bond donors (Lipinski definition) is 0. The van der Waals surface area contributed by atoms with E-state index in [4.69, 9.17) is 43.2 Å². The molecule has 123 heavy (non-hydrogen) atoms. The van der Waals surface area contributed by atoms with E-state index in [9.17, 15) is 0 Å². The van der Waals surface area contributed by atoms with Gasteiger partial charge in [-0.15, -0.1) is 0 Å². The maximum Gasteiger partial charge on any atom is 0.160 e. The molecule has 9 heteroatoms. The van der Waals surface area contributed by atoms with Crippen LogP contribution < -0.4 is 0 Å². The Hall–Kier alpha value is -16.6. The van der Waals surface area contributed by atoms with Crippen LogP contribution in [0, 0.1) is 0 Å². The van der Waals surface area contributed by atoms with Gasteiger partial charge in [-0.3, -0.25) is 0 Å². The molecule has 576 valence electrons. The van der Waals surface area contributed by atoms with Crippen molar-refractivity contribution >= 4 is 98.8 Å². The summed E-state index contributed by atoms with van der Waals surface area (Å²) in [6.45, 7) is 0. The van der Waals surface area contributed by atoms with Crippen LogP contribution in [0.2, 0.25) is 0 Å². The zero-order valence-electron chi connectivity index (χ0n) is 66.5. The van der Waals surface area contributed by atoms with E-state index in [0.29, 0.717) is 0 Å². The molecule has 9 nitrogen and oxygen atoms in total. The number of furan rings is 3. The van der Waals surface area contributed by atoms with E-state index >= 15 is 0 Å². The summed E-state index contributed by atoms with van der Waals surface area (Å²) >= 11 is 0. The van der Waals surface area contributed by atoms with E-state index in [-0.39, 0.29) is 0 Å². The lowest BCUT2D eigenvalue weighted by molar-refractivity contribution is 0.669. The van der Waals surface area contributed by atoms with Crippen LogP contribution in [0.4, 0.5) is 0 Å². The Bertz CT molecular complexity index is 8020. The molecule has 0 aliphatic rings. The molecule has 0 radical (unpaired) electrons. The Balaban J connectivity index is 0.000000110. The standard InChI is InChI=1S/3C38H24N2O/c1-3-11-27(12-4-1)35-36(28-13-5-2-6-14-28)40-37-29(16-10-19-33(37)39-35)25-21-23-26(24-22-25)30-17-9-18-32-31-15-7-8-20-34(31)41-38(30)32;1-3-10-27(11-4-1)36-33-24-29(22-23-34(33)39-38(40-36)28-12-5-2-6-13-28)25-18-20-26(21-19-25)30-15-9-16-32-31-14-7-8-17-35(31)41-37(30)32;1-3-10-27(11-4-1)36-37(28-12-5-2-6-13-28)40-34-24-29(22-23-33(34)39-36)25-18-20-26(21-19-25)30-15-9-16-32-31-14-7-8-17-35(31)41-38(30)32/h3*1-24H. The SMILES string of the molecule is c1ccc(-c2nc(-c3ccccc3)c3cc(-c4ccc(-c5cccc6c5oc5ccccc56)cc4)ccc3n2)cc1.c1ccc(-c2nc3ccc(-c4ccc(-c5cccc6c5oc5ccccc56)cc4)cc3nc2-c2ccccc2)cc1.c1ccc(-c2nc3cccc(-c4ccc(-c5cccc6c5oc5ccccc56)cc4)c3nc2-c2ccccc2)cc1. The molecule has 6 aromatic heterocycles. The molecule has 0 atom stereocenters. The zero-order chi connectivity index (χ0) is 81.5. The summed E-state index contributed by atoms with van der Waals surface area (Å²) in [6, 6.07) is 150. The predicted molar refractivity (Wildman–Crippen MR) is 506 cm³/mol. The van der Waals surface area contributed by atoms with Crippen LogP contribution in [-0.2, 0) is 0 Å². The van der Waals surface area contributed by atoms with Gasteiger partial charge in [0.2, 0.25) is 0 Å². The highest BCUT2D eigenvalue weighted by Gasteiger charge is 2.22. The molecule has 0 spiro atoms. The summed E-state index contributed by atoms with van der Waals surface area (Å²) in [6.07, 6.45) is 0. The minimum absolute atomic E-state index is 0.730. The largest absolute Gasteiger partial charge is 0.455 e. The number of para-hydroxylation sites is 7. The molecule has 0 amide bonds. The van der Waals surface area contributed by atoms with Gasteiger partial charge in [0.25, 0.3) is 0 Å². The Morgan fingerprint density at radius 1 is 0.146 bits per heavy atom. The molecule has 0 bridgehead atoms. The van der Waals surface area contributed by atoms with Gasteiger partial charge >= 0.3 is 0 Å². The normalized spacial score (nSPS) is 11.4. The van der Waals surface area contributed by atoms with Crippen LogP contribution >= 0.6 is 0 Å². The van der Waals surface area contributed by atoms with Gasteiger partial charge in [-0.2, -0.15) is 0 Å². The Labute approximate surface area is 708 Å². The molecule has 0 aliphatic heterocycles. The van der Waals surface area contributed by atoms with Crippen LogP contribution in [0.1, 0.15) is 0 Å². The number of benzene rings is 18. The van der Waals surface area contributed by atoms with E-state index in [1.807, 2.05) is 140 Å². The molecule has 6 heterocycles. The third kappa shape index (κ3) is 13.9. The number of fused-ring (bicyclic) bond motifs is 12. The van der Waals surface area contributed by atoms with Crippen LogP contribution in [0.25, 0.3) is 233 Å². The molecular formula is C114H72N6O3. The summed E-state index contributed by atoms with van der Waals surface area (Å²) < 4.78 is 18.9. The average Bonchev–Trinajstić information content (AvgIpc) is 1.76. The van der Waals surface area contributed by atoms with Crippen molar-refractivity contribution in [3.63, 3.8) is 0 Å². The fourth-order valence-corrected chi connectivity index (χ4v) is 17.0. The molecule has 24 rings (SSSR count). The van der Waals surface area contributed by atoms with Gasteiger partial charge < -0.3 is 13.3 Å². The maximum atomic E-state index is 6.30. The third-order valence-electron chi connectivity index (χ3n) is 23.1. The van der Waals surface area contributed by atoms with E-state index in [1.165, 1.54) is 0 Å².